The predicted octanol–water partition coefficient (Wildman–Crippen LogP) is 5.08. The summed E-state index contributed by atoms with van der Waals surface area (Å²) < 4.78 is 30.2. The van der Waals surface area contributed by atoms with Crippen LogP contribution in [-0.2, 0) is 19.4 Å². The summed E-state index contributed by atoms with van der Waals surface area (Å²) in [5, 5.41) is 16.8. The van der Waals surface area contributed by atoms with Crippen molar-refractivity contribution in [3.8, 4) is 28.8 Å². The quantitative estimate of drug-likeness (QED) is 0.291. The maximum absolute atomic E-state index is 13.2. The summed E-state index contributed by atoms with van der Waals surface area (Å²) in [5.41, 5.74) is 2.42. The van der Waals surface area contributed by atoms with E-state index in [1.807, 2.05) is 11.4 Å². The Kier molecular flexibility index (Phi) is 8.39. The predicted molar refractivity (Wildman–Crippen MR) is 148 cm³/mol. The SMILES string of the molecule is CCS(=O)(=O)c1ccc(C(NC(C)=O)C(=O)Nc2cc(-c3cccnc3Oc3ccc(C#N)cc3)cs2)cc1. The van der Waals surface area contributed by atoms with Gasteiger partial charge in [-0.05, 0) is 65.7 Å². The lowest BCUT2D eigenvalue weighted by molar-refractivity contribution is -0.125. The van der Waals surface area contributed by atoms with E-state index in [-0.39, 0.29) is 10.6 Å². The molecular weight excluding hydrogens is 536 g/mol. The Morgan fingerprint density at radius 3 is 2.46 bits per heavy atom. The number of carbonyl (C=O) groups is 2. The fourth-order valence-corrected chi connectivity index (χ4v) is 5.36. The highest BCUT2D eigenvalue weighted by molar-refractivity contribution is 7.91. The Hall–Kier alpha value is -4.53. The maximum atomic E-state index is 13.2. The van der Waals surface area contributed by atoms with Gasteiger partial charge in [-0.15, -0.1) is 11.3 Å². The Morgan fingerprint density at radius 2 is 1.82 bits per heavy atom. The van der Waals surface area contributed by atoms with Crippen molar-refractivity contribution < 1.29 is 22.7 Å². The van der Waals surface area contributed by atoms with Crippen molar-refractivity contribution in [2.24, 2.45) is 0 Å². The van der Waals surface area contributed by atoms with Gasteiger partial charge in [-0.2, -0.15) is 5.26 Å². The molecule has 0 aliphatic heterocycles. The number of thiophene rings is 1. The highest BCUT2D eigenvalue weighted by Gasteiger charge is 2.23. The molecule has 0 fully saturated rings. The van der Waals surface area contributed by atoms with Crippen LogP contribution in [0.4, 0.5) is 5.00 Å². The number of amides is 2. The highest BCUT2D eigenvalue weighted by atomic mass is 32.2. The van der Waals surface area contributed by atoms with Gasteiger partial charge in [0.15, 0.2) is 9.84 Å². The van der Waals surface area contributed by atoms with Gasteiger partial charge in [0, 0.05) is 24.1 Å². The number of hydrogen-bond acceptors (Lipinski definition) is 8. The van der Waals surface area contributed by atoms with Gasteiger partial charge in [0.05, 0.1) is 27.3 Å². The van der Waals surface area contributed by atoms with E-state index in [1.165, 1.54) is 42.5 Å². The molecule has 0 saturated heterocycles. The molecule has 0 aliphatic carbocycles. The lowest BCUT2D eigenvalue weighted by Gasteiger charge is -2.18. The average Bonchev–Trinajstić information content (AvgIpc) is 3.40. The van der Waals surface area contributed by atoms with Crippen molar-refractivity contribution in [2.75, 3.05) is 11.1 Å². The van der Waals surface area contributed by atoms with Crippen LogP contribution in [0.1, 0.15) is 31.0 Å². The number of benzene rings is 2. The van der Waals surface area contributed by atoms with E-state index in [2.05, 4.69) is 21.7 Å². The van der Waals surface area contributed by atoms with E-state index in [1.54, 1.807) is 49.5 Å². The van der Waals surface area contributed by atoms with E-state index in [0.29, 0.717) is 33.3 Å². The summed E-state index contributed by atoms with van der Waals surface area (Å²) in [6.45, 7) is 2.86. The minimum atomic E-state index is -3.40. The molecule has 2 aromatic heterocycles. The van der Waals surface area contributed by atoms with E-state index < -0.39 is 27.7 Å². The smallest absolute Gasteiger partial charge is 0.252 e. The van der Waals surface area contributed by atoms with Gasteiger partial charge in [-0.3, -0.25) is 9.59 Å². The second-order valence-corrected chi connectivity index (χ2v) is 11.6. The lowest BCUT2D eigenvalue weighted by Crippen LogP contribution is -2.35. The van der Waals surface area contributed by atoms with Gasteiger partial charge in [0.1, 0.15) is 11.8 Å². The Bertz CT molecular complexity index is 1640. The first-order valence-electron chi connectivity index (χ1n) is 11.8. The molecule has 0 saturated carbocycles. The van der Waals surface area contributed by atoms with Crippen LogP contribution in [0.2, 0.25) is 0 Å². The van der Waals surface area contributed by atoms with Crippen LogP contribution in [0, 0.1) is 11.3 Å². The monoisotopic (exact) mass is 560 g/mol. The summed E-state index contributed by atoms with van der Waals surface area (Å²) >= 11 is 1.29. The summed E-state index contributed by atoms with van der Waals surface area (Å²) in [6.07, 6.45) is 1.60. The van der Waals surface area contributed by atoms with Gasteiger partial charge in [0.2, 0.25) is 11.8 Å². The molecule has 0 radical (unpaired) electrons. The van der Waals surface area contributed by atoms with Crippen LogP contribution < -0.4 is 15.4 Å². The number of carbonyl (C=O) groups excluding carboxylic acids is 2. The van der Waals surface area contributed by atoms with E-state index in [0.717, 1.165) is 5.56 Å². The number of pyridine rings is 1. The summed E-state index contributed by atoms with van der Waals surface area (Å²) in [6, 6.07) is 19.0. The zero-order valence-electron chi connectivity index (χ0n) is 21.0. The fourth-order valence-electron chi connectivity index (χ4n) is 3.68. The first kappa shape index (κ1) is 27.5. The molecule has 4 aromatic rings. The molecule has 0 spiro atoms. The summed E-state index contributed by atoms with van der Waals surface area (Å²) in [4.78, 5) is 29.5. The van der Waals surface area contributed by atoms with E-state index in [9.17, 15) is 18.0 Å². The molecule has 11 heteroatoms. The number of ether oxygens (including phenoxy) is 1. The minimum absolute atomic E-state index is 0.0418. The van der Waals surface area contributed by atoms with Crippen LogP contribution in [0.25, 0.3) is 11.1 Å². The molecule has 2 N–H and O–H groups in total. The third kappa shape index (κ3) is 6.67. The molecule has 1 atom stereocenters. The summed E-state index contributed by atoms with van der Waals surface area (Å²) in [5.74, 6) is -0.0540. The van der Waals surface area contributed by atoms with Crippen LogP contribution >= 0.6 is 11.3 Å². The Morgan fingerprint density at radius 1 is 1.10 bits per heavy atom. The normalized spacial score (nSPS) is 11.7. The average molecular weight is 561 g/mol. The molecule has 0 aliphatic rings. The maximum Gasteiger partial charge on any atom is 0.252 e. The standard InChI is InChI=1S/C28H24N4O5S2/c1-3-39(35,36)23-12-8-20(9-13-23)26(31-18(2)33)27(34)32-25-15-21(17-38-25)24-5-4-14-30-28(24)37-22-10-6-19(16-29)7-11-22/h4-15,17,26H,3H2,1-2H3,(H,31,33)(H,32,34). The topological polar surface area (TPSA) is 138 Å². The Labute approximate surface area is 230 Å². The first-order valence-corrected chi connectivity index (χ1v) is 14.4. The minimum Gasteiger partial charge on any atom is -0.438 e. The molecule has 2 amide bonds. The number of rotatable bonds is 9. The van der Waals surface area contributed by atoms with Crippen molar-refractivity contribution in [1.29, 1.82) is 5.26 Å². The molecular formula is C28H24N4O5S2. The zero-order chi connectivity index (χ0) is 28.0. The lowest BCUT2D eigenvalue weighted by atomic mass is 10.1. The van der Waals surface area contributed by atoms with Crippen LogP contribution in [0.5, 0.6) is 11.6 Å². The largest absolute Gasteiger partial charge is 0.438 e. The number of nitrogens with zero attached hydrogens (tertiary/aromatic N) is 2. The second-order valence-electron chi connectivity index (χ2n) is 8.39. The van der Waals surface area contributed by atoms with Crippen LogP contribution in [0.3, 0.4) is 0 Å². The Balaban J connectivity index is 1.54. The molecule has 2 heterocycles. The molecule has 4 rings (SSSR count). The number of nitrogens with one attached hydrogen (secondary N) is 2. The van der Waals surface area contributed by atoms with E-state index >= 15 is 0 Å². The highest BCUT2D eigenvalue weighted by Crippen LogP contribution is 2.36. The fraction of sp³-hybridized carbons (Fsp3) is 0.143. The third-order valence-corrected chi connectivity index (χ3v) is 8.28. The van der Waals surface area contributed by atoms with Gasteiger partial charge in [-0.25, -0.2) is 13.4 Å². The van der Waals surface area contributed by atoms with Crippen molar-refractivity contribution >= 4 is 38.0 Å². The van der Waals surface area contributed by atoms with Gasteiger partial charge in [-0.1, -0.05) is 19.1 Å². The van der Waals surface area contributed by atoms with Gasteiger partial charge in [0.25, 0.3) is 5.91 Å². The molecule has 198 valence electrons. The van der Waals surface area contributed by atoms with Crippen molar-refractivity contribution in [1.82, 2.24) is 10.3 Å². The number of nitriles is 1. The number of aromatic nitrogens is 1. The van der Waals surface area contributed by atoms with Crippen molar-refractivity contribution in [3.63, 3.8) is 0 Å². The number of anilines is 1. The zero-order valence-corrected chi connectivity index (χ0v) is 22.7. The molecule has 0 bridgehead atoms. The van der Waals surface area contributed by atoms with Crippen molar-refractivity contribution in [2.45, 2.75) is 24.8 Å². The first-order chi connectivity index (χ1) is 18.7. The van der Waals surface area contributed by atoms with Gasteiger partial charge >= 0.3 is 0 Å². The number of sulfone groups is 1. The van der Waals surface area contributed by atoms with Crippen LogP contribution in [-0.4, -0.2) is 31.0 Å². The third-order valence-electron chi connectivity index (χ3n) is 5.69. The van der Waals surface area contributed by atoms with Gasteiger partial charge < -0.3 is 15.4 Å². The molecule has 1 unspecified atom stereocenters. The molecule has 2 aromatic carbocycles. The number of hydrogen-bond donors (Lipinski definition) is 2. The second kappa shape index (κ2) is 11.9. The molecule has 39 heavy (non-hydrogen) atoms. The summed E-state index contributed by atoms with van der Waals surface area (Å²) in [7, 11) is -3.40. The van der Waals surface area contributed by atoms with Crippen molar-refractivity contribution in [3.05, 3.63) is 89.4 Å². The van der Waals surface area contributed by atoms with E-state index in [4.69, 9.17) is 10.00 Å². The molecule has 9 nitrogen and oxygen atoms in total. The van der Waals surface area contributed by atoms with Crippen LogP contribution in [0.15, 0.2) is 83.2 Å².